The first kappa shape index (κ1) is 26.6. The fourth-order valence-corrected chi connectivity index (χ4v) is 7.56. The Balaban J connectivity index is 1.13. The molecule has 2 aromatic rings. The van der Waals surface area contributed by atoms with E-state index in [-0.39, 0.29) is 30.0 Å². The average molecular weight is 537 g/mol. The Kier molecular flexibility index (Phi) is 7.31. The quantitative estimate of drug-likeness (QED) is 0.571. The van der Waals surface area contributed by atoms with Gasteiger partial charge in [-0.2, -0.15) is 0 Å². The minimum absolute atomic E-state index is 0.0379. The Labute approximate surface area is 230 Å². The molecule has 2 amide bonds. The van der Waals surface area contributed by atoms with Crippen molar-refractivity contribution < 1.29 is 9.59 Å². The first-order chi connectivity index (χ1) is 18.8. The van der Waals surface area contributed by atoms with Gasteiger partial charge < -0.3 is 15.1 Å². The minimum Gasteiger partial charge on any atom is -0.371 e. The molecule has 9 nitrogen and oxygen atoms in total. The Bertz CT molecular complexity index is 1270. The summed E-state index contributed by atoms with van der Waals surface area (Å²) in [4.78, 5) is 43.0. The lowest BCUT2D eigenvalue weighted by Crippen LogP contribution is -2.47. The number of hydrogen-bond donors (Lipinski definition) is 2. The number of anilines is 1. The predicted molar refractivity (Wildman–Crippen MR) is 153 cm³/mol. The number of aromatic nitrogens is 2. The van der Waals surface area contributed by atoms with Crippen LogP contribution in [0.5, 0.6) is 0 Å². The summed E-state index contributed by atoms with van der Waals surface area (Å²) in [5.74, 6) is 0.0880. The van der Waals surface area contributed by atoms with Crippen molar-refractivity contribution in [1.82, 2.24) is 24.7 Å². The second-order valence-electron chi connectivity index (χ2n) is 12.7. The molecule has 0 aliphatic carbocycles. The molecule has 39 heavy (non-hydrogen) atoms. The SMILES string of the molecule is CC(C)n1c(=O)n(C2CCC(=O)NC2=O)c2ccc(N3CCC(CN4CCC5(CCNCC5)CC4)CC3)cc21. The van der Waals surface area contributed by atoms with Crippen molar-refractivity contribution in [3.8, 4) is 0 Å². The van der Waals surface area contributed by atoms with Gasteiger partial charge in [-0.3, -0.25) is 24.0 Å². The van der Waals surface area contributed by atoms with Gasteiger partial charge in [-0.15, -0.1) is 0 Å². The Morgan fingerprint density at radius 2 is 1.64 bits per heavy atom. The van der Waals surface area contributed by atoms with Crippen LogP contribution in [0.15, 0.2) is 23.0 Å². The fourth-order valence-electron chi connectivity index (χ4n) is 7.56. The van der Waals surface area contributed by atoms with Gasteiger partial charge in [0.05, 0.1) is 11.0 Å². The fraction of sp³-hybridized carbons (Fsp3) is 0.700. The minimum atomic E-state index is -0.654. The zero-order chi connectivity index (χ0) is 27.1. The van der Waals surface area contributed by atoms with E-state index < -0.39 is 6.04 Å². The Hall–Kier alpha value is -2.65. The maximum atomic E-state index is 13.5. The summed E-state index contributed by atoms with van der Waals surface area (Å²) in [6, 6.07) is 5.52. The molecule has 0 saturated carbocycles. The molecule has 1 aromatic heterocycles. The number of piperidine rings is 4. The van der Waals surface area contributed by atoms with Crippen molar-refractivity contribution in [1.29, 1.82) is 0 Å². The van der Waals surface area contributed by atoms with E-state index in [4.69, 9.17) is 0 Å². The highest BCUT2D eigenvalue weighted by molar-refractivity contribution is 6.00. The summed E-state index contributed by atoms with van der Waals surface area (Å²) in [7, 11) is 0. The second kappa shape index (κ2) is 10.7. The molecule has 6 rings (SSSR count). The molecule has 4 saturated heterocycles. The van der Waals surface area contributed by atoms with Crippen molar-refractivity contribution >= 4 is 28.5 Å². The molecule has 4 aliphatic heterocycles. The van der Waals surface area contributed by atoms with E-state index in [1.54, 1.807) is 9.13 Å². The first-order valence-electron chi connectivity index (χ1n) is 15.1. The number of imide groups is 1. The van der Waals surface area contributed by atoms with Gasteiger partial charge in [0.25, 0.3) is 0 Å². The van der Waals surface area contributed by atoms with Gasteiger partial charge in [0.1, 0.15) is 6.04 Å². The lowest BCUT2D eigenvalue weighted by atomic mass is 9.71. The summed E-state index contributed by atoms with van der Waals surface area (Å²) in [6.07, 6.45) is 8.42. The summed E-state index contributed by atoms with van der Waals surface area (Å²) in [5.41, 5.74) is 3.19. The van der Waals surface area contributed by atoms with Crippen LogP contribution in [-0.4, -0.2) is 71.7 Å². The second-order valence-corrected chi connectivity index (χ2v) is 12.7. The molecule has 0 radical (unpaired) electrons. The van der Waals surface area contributed by atoms with Crippen LogP contribution < -0.4 is 21.2 Å². The Morgan fingerprint density at radius 1 is 0.923 bits per heavy atom. The van der Waals surface area contributed by atoms with Gasteiger partial charge in [0.2, 0.25) is 11.8 Å². The first-order valence-corrected chi connectivity index (χ1v) is 15.1. The Morgan fingerprint density at radius 3 is 2.31 bits per heavy atom. The van der Waals surface area contributed by atoms with Gasteiger partial charge in [-0.1, -0.05) is 0 Å². The van der Waals surface area contributed by atoms with Gasteiger partial charge >= 0.3 is 5.69 Å². The zero-order valence-electron chi connectivity index (χ0n) is 23.6. The van der Waals surface area contributed by atoms with E-state index >= 15 is 0 Å². The van der Waals surface area contributed by atoms with Crippen molar-refractivity contribution in [3.63, 3.8) is 0 Å². The molecule has 5 heterocycles. The van der Waals surface area contributed by atoms with E-state index in [2.05, 4.69) is 32.6 Å². The zero-order valence-corrected chi connectivity index (χ0v) is 23.6. The van der Waals surface area contributed by atoms with Crippen LogP contribution in [0.4, 0.5) is 5.69 Å². The lowest BCUT2D eigenvalue weighted by molar-refractivity contribution is -0.135. The van der Waals surface area contributed by atoms with E-state index in [1.807, 2.05) is 19.9 Å². The summed E-state index contributed by atoms with van der Waals surface area (Å²) in [5, 5.41) is 5.94. The van der Waals surface area contributed by atoms with Crippen molar-refractivity contribution in [2.45, 2.75) is 77.3 Å². The van der Waals surface area contributed by atoms with Gasteiger partial charge in [0.15, 0.2) is 0 Å². The number of amides is 2. The largest absolute Gasteiger partial charge is 0.371 e. The normalized spacial score (nSPS) is 25.1. The molecule has 1 atom stereocenters. The number of nitrogens with one attached hydrogen (secondary N) is 2. The van der Waals surface area contributed by atoms with Crippen LogP contribution in [0.3, 0.4) is 0 Å². The number of fused-ring (bicyclic) bond motifs is 1. The van der Waals surface area contributed by atoms with Crippen LogP contribution in [0.2, 0.25) is 0 Å². The van der Waals surface area contributed by atoms with Crippen molar-refractivity contribution in [2.75, 3.05) is 50.7 Å². The number of carbonyl (C=O) groups excluding carboxylic acids is 2. The third kappa shape index (κ3) is 5.15. The lowest BCUT2D eigenvalue weighted by Gasteiger charge is -2.45. The highest BCUT2D eigenvalue weighted by Crippen LogP contribution is 2.40. The number of hydrogen-bond acceptors (Lipinski definition) is 6. The molecule has 2 N–H and O–H groups in total. The molecule has 1 unspecified atom stereocenters. The van der Waals surface area contributed by atoms with Crippen LogP contribution in [0.25, 0.3) is 11.0 Å². The smallest absolute Gasteiger partial charge is 0.330 e. The molecular formula is C30H44N6O3. The molecule has 212 valence electrons. The van der Waals surface area contributed by atoms with Gasteiger partial charge in [-0.25, -0.2) is 4.79 Å². The third-order valence-electron chi connectivity index (χ3n) is 10.0. The average Bonchev–Trinajstić information content (AvgIpc) is 3.22. The maximum absolute atomic E-state index is 13.5. The van der Waals surface area contributed by atoms with Gasteiger partial charge in [-0.05, 0) is 115 Å². The topological polar surface area (TPSA) is 91.6 Å². The van der Waals surface area contributed by atoms with Crippen LogP contribution in [-0.2, 0) is 9.59 Å². The summed E-state index contributed by atoms with van der Waals surface area (Å²) >= 11 is 0. The highest BCUT2D eigenvalue weighted by Gasteiger charge is 2.36. The van der Waals surface area contributed by atoms with E-state index in [0.29, 0.717) is 11.8 Å². The molecule has 1 spiro atoms. The number of carbonyl (C=O) groups is 2. The molecule has 4 fully saturated rings. The number of benzene rings is 1. The molecule has 9 heteroatoms. The molecule has 1 aromatic carbocycles. The molecule has 0 bridgehead atoms. The predicted octanol–water partition coefficient (Wildman–Crippen LogP) is 3.04. The number of imidazole rings is 1. The molecule has 4 aliphatic rings. The highest BCUT2D eigenvalue weighted by atomic mass is 16.2. The van der Waals surface area contributed by atoms with Crippen LogP contribution in [0.1, 0.15) is 77.3 Å². The van der Waals surface area contributed by atoms with E-state index in [1.165, 1.54) is 71.2 Å². The monoisotopic (exact) mass is 536 g/mol. The maximum Gasteiger partial charge on any atom is 0.330 e. The van der Waals surface area contributed by atoms with Crippen molar-refractivity contribution in [2.24, 2.45) is 11.3 Å². The van der Waals surface area contributed by atoms with E-state index in [0.717, 1.165) is 35.7 Å². The van der Waals surface area contributed by atoms with Crippen molar-refractivity contribution in [3.05, 3.63) is 28.7 Å². The number of nitrogens with zero attached hydrogens (tertiary/aromatic N) is 4. The third-order valence-corrected chi connectivity index (χ3v) is 10.0. The number of likely N-dealkylation sites (tertiary alicyclic amines) is 1. The number of rotatable bonds is 5. The standard InChI is InChI=1S/C30H44N6O3/c1-21(2)35-26-19-23(3-4-24(26)36(29(35)39)25-5-6-27(37)32-28(25)38)34-15-7-22(8-16-34)20-33-17-11-30(12-18-33)9-13-31-14-10-30/h3-4,19,21-22,25,31H,5-18,20H2,1-2H3,(H,32,37,38). The summed E-state index contributed by atoms with van der Waals surface area (Å²) < 4.78 is 3.39. The van der Waals surface area contributed by atoms with Crippen LogP contribution in [0, 0.1) is 11.3 Å². The molecular weight excluding hydrogens is 492 g/mol. The van der Waals surface area contributed by atoms with Gasteiger partial charge in [0, 0.05) is 37.8 Å². The van der Waals surface area contributed by atoms with E-state index in [9.17, 15) is 14.4 Å². The summed E-state index contributed by atoms with van der Waals surface area (Å²) in [6.45, 7) is 12.2. The van der Waals surface area contributed by atoms with Crippen LogP contribution >= 0.6 is 0 Å².